The van der Waals surface area contributed by atoms with Gasteiger partial charge < -0.3 is 22.3 Å². The Kier molecular flexibility index (Phi) is 15.4. The van der Waals surface area contributed by atoms with E-state index in [2.05, 4.69) is 18.7 Å². The molecular formula is C24H29ClFKN2O2-2. The van der Waals surface area contributed by atoms with Gasteiger partial charge in [-0.3, -0.25) is 22.8 Å². The summed E-state index contributed by atoms with van der Waals surface area (Å²) in [5.74, 6) is -0.500. The number of carbonyl (C=O) groups excluding carboxylic acids is 2. The first-order chi connectivity index (χ1) is 14.3. The van der Waals surface area contributed by atoms with Crippen molar-refractivity contribution in [3.05, 3.63) is 71.2 Å². The number of carbonyl (C=O) groups is 1. The smallest absolute Gasteiger partial charge is 0.410 e. The first-order valence-electron chi connectivity index (χ1n) is 9.99. The van der Waals surface area contributed by atoms with Gasteiger partial charge in [-0.25, -0.2) is 9.95 Å². The van der Waals surface area contributed by atoms with Gasteiger partial charge in [-0.15, -0.1) is 6.07 Å². The Balaban J connectivity index is 0.000000561. The molecule has 1 fully saturated rings. The van der Waals surface area contributed by atoms with Gasteiger partial charge in [0.15, 0.2) is 0 Å². The monoisotopic (exact) mass is 470 g/mol. The molecule has 0 aromatic heterocycles. The predicted octanol–water partition coefficient (Wildman–Crippen LogP) is 3.06. The van der Waals surface area contributed by atoms with Gasteiger partial charge in [0.05, 0.1) is 5.02 Å². The summed E-state index contributed by atoms with van der Waals surface area (Å²) in [4.78, 5) is 22.2. The topological polar surface area (TPSA) is 72.2 Å². The maximum atomic E-state index is 13.2. The predicted molar refractivity (Wildman–Crippen MR) is 122 cm³/mol. The summed E-state index contributed by atoms with van der Waals surface area (Å²) in [6.07, 6.45) is 7.70. The normalized spacial score (nSPS) is 12.8. The quantitative estimate of drug-likeness (QED) is 0.411. The molecule has 3 N–H and O–H groups in total. The van der Waals surface area contributed by atoms with Crippen LogP contribution >= 0.6 is 11.6 Å². The van der Waals surface area contributed by atoms with Crippen molar-refractivity contribution in [2.24, 2.45) is 5.92 Å². The van der Waals surface area contributed by atoms with Crippen molar-refractivity contribution >= 4 is 35.2 Å². The molecule has 31 heavy (non-hydrogen) atoms. The zero-order valence-corrected chi connectivity index (χ0v) is 22.6. The van der Waals surface area contributed by atoms with E-state index in [1.807, 2.05) is 20.8 Å². The molecule has 3 rings (SSSR count). The molecule has 2 aromatic carbocycles. The van der Waals surface area contributed by atoms with E-state index in [0.717, 1.165) is 31.2 Å². The number of amides is 1. The summed E-state index contributed by atoms with van der Waals surface area (Å²) in [6, 6.07) is 7.65. The van der Waals surface area contributed by atoms with Gasteiger partial charge in [0.25, 0.3) is 0 Å². The van der Waals surface area contributed by atoms with Crippen LogP contribution in [-0.4, -0.2) is 12.2 Å². The molecule has 7 heteroatoms. The summed E-state index contributed by atoms with van der Waals surface area (Å²) in [6.45, 7) is 9.57. The molecule has 1 saturated carbocycles. The van der Waals surface area contributed by atoms with Crippen LogP contribution in [0.15, 0.2) is 30.3 Å². The van der Waals surface area contributed by atoms with E-state index in [0.29, 0.717) is 22.5 Å². The largest absolute Gasteiger partial charge is 1.00 e. The zero-order valence-electron chi connectivity index (χ0n) is 18.7. The van der Waals surface area contributed by atoms with Crippen LogP contribution in [0.25, 0.3) is 0 Å². The molecule has 0 spiro atoms. The van der Waals surface area contributed by atoms with E-state index in [1.54, 1.807) is 24.5 Å². The molecule has 2 aromatic rings. The fraction of sp³-hybridized carbons (Fsp3) is 0.333. The number of halogens is 2. The van der Waals surface area contributed by atoms with Crippen molar-refractivity contribution in [1.29, 1.82) is 0 Å². The van der Waals surface area contributed by atoms with Crippen LogP contribution in [0.2, 0.25) is 5.02 Å². The zero-order chi connectivity index (χ0) is 22.7. The average molecular weight is 471 g/mol. The number of hydrogen-bond donors (Lipinski definition) is 2. The second-order valence-corrected chi connectivity index (χ2v) is 7.13. The van der Waals surface area contributed by atoms with Crippen LogP contribution in [0.1, 0.15) is 56.2 Å². The molecule has 0 bridgehead atoms. The Morgan fingerprint density at radius 1 is 1.26 bits per heavy atom. The number of benzene rings is 2. The second kappa shape index (κ2) is 15.8. The SMILES string of the molecule is CC.O=C(Nc1ccc(Cl)c(F)c1)C1CC[CH-]CC1.[CH2-]c1c(C)cc(N)cc1[C-]=O.[K+]. The van der Waals surface area contributed by atoms with Crippen LogP contribution in [-0.2, 0) is 9.59 Å². The number of nitrogens with two attached hydrogens (primary N) is 1. The average Bonchev–Trinajstić information content (AvgIpc) is 2.76. The van der Waals surface area contributed by atoms with Crippen molar-refractivity contribution in [1.82, 2.24) is 0 Å². The number of rotatable bonds is 3. The first-order valence-corrected chi connectivity index (χ1v) is 10.4. The first kappa shape index (κ1) is 30.1. The molecule has 0 radical (unpaired) electrons. The van der Waals surface area contributed by atoms with E-state index in [9.17, 15) is 14.0 Å². The number of anilines is 2. The molecule has 1 amide bonds. The number of aryl methyl sites for hydroxylation is 1. The maximum absolute atomic E-state index is 13.2. The van der Waals surface area contributed by atoms with Crippen molar-refractivity contribution in [3.63, 3.8) is 0 Å². The summed E-state index contributed by atoms with van der Waals surface area (Å²) in [5.41, 5.74) is 8.61. The third-order valence-corrected chi connectivity index (χ3v) is 4.91. The Morgan fingerprint density at radius 3 is 2.42 bits per heavy atom. The third-order valence-electron chi connectivity index (χ3n) is 4.60. The van der Waals surface area contributed by atoms with Gasteiger partial charge in [-0.05, 0) is 30.2 Å². The van der Waals surface area contributed by atoms with Crippen LogP contribution in [0.4, 0.5) is 15.8 Å². The molecule has 4 nitrogen and oxygen atoms in total. The van der Waals surface area contributed by atoms with E-state index < -0.39 is 5.82 Å². The summed E-state index contributed by atoms with van der Waals surface area (Å²) in [7, 11) is 0. The summed E-state index contributed by atoms with van der Waals surface area (Å²) < 4.78 is 13.2. The molecule has 0 unspecified atom stereocenters. The van der Waals surface area contributed by atoms with Crippen LogP contribution < -0.4 is 62.4 Å². The third kappa shape index (κ3) is 10.1. The van der Waals surface area contributed by atoms with E-state index in [4.69, 9.17) is 17.3 Å². The van der Waals surface area contributed by atoms with E-state index in [-0.39, 0.29) is 68.2 Å². The minimum atomic E-state index is -0.513. The van der Waals surface area contributed by atoms with Gasteiger partial charge in [0, 0.05) is 11.6 Å². The van der Waals surface area contributed by atoms with Crippen LogP contribution in [0.3, 0.4) is 0 Å². The standard InChI is InChI=1S/C13H14ClFNO.C9H9NO.C2H6.K/c14-11-7-6-10(8-12(11)15)16-13(17)9-4-2-1-3-5-9;1-6-3-9(10)4-8(5-11)7(6)2;1-2;/h1,6-9H,2-5H2,(H,16,17);3-4H,2,10H2,1H3;1-2H3;/q-1;-2;;+1. The van der Waals surface area contributed by atoms with Gasteiger partial charge in [-0.1, -0.05) is 45.2 Å². The molecular weight excluding hydrogens is 442 g/mol. The molecule has 0 heterocycles. The van der Waals surface area contributed by atoms with E-state index >= 15 is 0 Å². The fourth-order valence-electron chi connectivity index (χ4n) is 2.94. The Morgan fingerprint density at radius 2 is 1.87 bits per heavy atom. The Labute approximate surface area is 232 Å². The minimum Gasteiger partial charge on any atom is -0.410 e. The molecule has 1 aliphatic rings. The van der Waals surface area contributed by atoms with Crippen molar-refractivity contribution in [2.75, 3.05) is 11.1 Å². The Hall–Kier alpha value is -0.894. The van der Waals surface area contributed by atoms with Gasteiger partial charge in [0.2, 0.25) is 5.91 Å². The Bertz CT molecular complexity index is 856. The van der Waals surface area contributed by atoms with Crippen LogP contribution in [0.5, 0.6) is 0 Å². The summed E-state index contributed by atoms with van der Waals surface area (Å²) >= 11 is 5.57. The van der Waals surface area contributed by atoms with Gasteiger partial charge in [0.1, 0.15) is 5.82 Å². The maximum Gasteiger partial charge on any atom is 1.00 e. The van der Waals surface area contributed by atoms with E-state index in [1.165, 1.54) is 12.1 Å². The minimum absolute atomic E-state index is 0. The number of hydrogen-bond acceptors (Lipinski definition) is 3. The molecule has 0 atom stereocenters. The van der Waals surface area contributed by atoms with Crippen molar-refractivity contribution < 1.29 is 65.4 Å². The second-order valence-electron chi connectivity index (χ2n) is 6.72. The van der Waals surface area contributed by atoms with Crippen LogP contribution in [0, 0.1) is 32.0 Å². The molecule has 0 aliphatic heterocycles. The van der Waals surface area contributed by atoms with Gasteiger partial charge >= 0.3 is 51.4 Å². The molecule has 1 aliphatic carbocycles. The van der Waals surface area contributed by atoms with Crippen molar-refractivity contribution in [2.45, 2.75) is 46.5 Å². The molecule has 0 saturated heterocycles. The molecule has 164 valence electrons. The van der Waals surface area contributed by atoms with Crippen molar-refractivity contribution in [3.8, 4) is 0 Å². The van der Waals surface area contributed by atoms with Gasteiger partial charge in [-0.2, -0.15) is 18.9 Å². The fourth-order valence-corrected chi connectivity index (χ4v) is 3.06. The summed E-state index contributed by atoms with van der Waals surface area (Å²) in [5, 5.41) is 2.79. The number of nitrogen functional groups attached to an aromatic ring is 1. The number of nitrogens with one attached hydrogen (secondary N) is 1.